The molecular formula is C25H25N5O5. The highest BCUT2D eigenvalue weighted by Gasteiger charge is 2.25. The van der Waals surface area contributed by atoms with Gasteiger partial charge in [0.25, 0.3) is 11.8 Å². The number of hydrogen-bond donors (Lipinski definition) is 4. The van der Waals surface area contributed by atoms with Gasteiger partial charge in [-0.25, -0.2) is 10.2 Å². The number of carboxylic acids is 1. The second-order valence-corrected chi connectivity index (χ2v) is 8.02. The van der Waals surface area contributed by atoms with Crippen LogP contribution < -0.4 is 5.43 Å². The molecule has 1 aromatic heterocycles. The Morgan fingerprint density at radius 3 is 2.34 bits per heavy atom. The fourth-order valence-electron chi connectivity index (χ4n) is 3.59. The Labute approximate surface area is 201 Å². The fourth-order valence-corrected chi connectivity index (χ4v) is 3.59. The van der Waals surface area contributed by atoms with Gasteiger partial charge in [0, 0.05) is 19.2 Å². The minimum Gasteiger partial charge on any atom is -0.479 e. The summed E-state index contributed by atoms with van der Waals surface area (Å²) in [7, 11) is 0. The Kier molecular flexibility index (Phi) is 7.34. The highest BCUT2D eigenvalue weighted by molar-refractivity contribution is 5.97. The average Bonchev–Trinajstić information content (AvgIpc) is 3.59. The van der Waals surface area contributed by atoms with Crippen molar-refractivity contribution in [3.05, 3.63) is 89.8 Å². The van der Waals surface area contributed by atoms with Crippen molar-refractivity contribution in [3.63, 3.8) is 0 Å². The molecule has 0 spiro atoms. The number of aromatic nitrogens is 2. The van der Waals surface area contributed by atoms with E-state index in [2.05, 4.69) is 15.6 Å². The fraction of sp³-hybridized carbons (Fsp3) is 0.200. The van der Waals surface area contributed by atoms with E-state index in [0.29, 0.717) is 13.1 Å². The van der Waals surface area contributed by atoms with Crippen LogP contribution >= 0.6 is 0 Å². The summed E-state index contributed by atoms with van der Waals surface area (Å²) < 4.78 is 0. The van der Waals surface area contributed by atoms with Gasteiger partial charge in [0.1, 0.15) is 5.69 Å². The number of nitrogens with zero attached hydrogens (tertiary/aromatic N) is 3. The highest BCUT2D eigenvalue weighted by Crippen LogP contribution is 2.20. The quantitative estimate of drug-likeness (QED) is 0.273. The van der Waals surface area contributed by atoms with Crippen molar-refractivity contribution >= 4 is 17.8 Å². The van der Waals surface area contributed by atoms with Gasteiger partial charge in [0.05, 0.1) is 13.1 Å². The van der Waals surface area contributed by atoms with E-state index in [1.807, 2.05) is 66.7 Å². The lowest BCUT2D eigenvalue weighted by atomic mass is 10.0. The maximum atomic E-state index is 13.2. The number of carboxylic acid groups (broad SMARTS) is 1. The van der Waals surface area contributed by atoms with Gasteiger partial charge < -0.3 is 15.1 Å². The molecule has 0 fully saturated rings. The van der Waals surface area contributed by atoms with Crippen molar-refractivity contribution in [2.45, 2.75) is 12.6 Å². The molecule has 0 bridgehead atoms. The van der Waals surface area contributed by atoms with Crippen molar-refractivity contribution in [2.24, 2.45) is 0 Å². The lowest BCUT2D eigenvalue weighted by Gasteiger charge is -2.23. The van der Waals surface area contributed by atoms with Crippen LogP contribution in [-0.2, 0) is 11.3 Å². The zero-order chi connectivity index (χ0) is 24.8. The van der Waals surface area contributed by atoms with E-state index >= 15 is 0 Å². The van der Waals surface area contributed by atoms with Gasteiger partial charge in [-0.05, 0) is 16.7 Å². The molecule has 0 saturated carbocycles. The van der Waals surface area contributed by atoms with E-state index in [4.69, 9.17) is 5.11 Å². The number of carbonyl (C=O) groups excluding carboxylic acids is 2. The highest BCUT2D eigenvalue weighted by atomic mass is 16.4. The zero-order valence-corrected chi connectivity index (χ0v) is 18.8. The van der Waals surface area contributed by atoms with E-state index in [-0.39, 0.29) is 23.8 Å². The Bertz CT molecular complexity index is 1210. The third-order valence-corrected chi connectivity index (χ3v) is 5.54. The number of benzene rings is 2. The van der Waals surface area contributed by atoms with Gasteiger partial charge in [-0.3, -0.25) is 19.7 Å². The summed E-state index contributed by atoms with van der Waals surface area (Å²) in [6.45, 7) is 0.660. The third kappa shape index (κ3) is 5.81. The monoisotopic (exact) mass is 475 g/mol. The van der Waals surface area contributed by atoms with E-state index < -0.39 is 24.5 Å². The number of aliphatic carboxylic acids is 1. The van der Waals surface area contributed by atoms with Gasteiger partial charge >= 0.3 is 5.97 Å². The van der Waals surface area contributed by atoms with E-state index in [9.17, 15) is 19.5 Å². The SMILES string of the molecule is O=C(O)C(O)CNN(Cc1ccc(-c2ccccc2)cc1)C(=O)c1cc(C(=O)N2CC=CC2)[nH]n1. The second-order valence-electron chi connectivity index (χ2n) is 8.02. The van der Waals surface area contributed by atoms with Crippen LogP contribution in [-0.4, -0.2) is 73.8 Å². The maximum absolute atomic E-state index is 13.2. The standard InChI is InChI=1S/C25H25N5O5/c31-22(25(34)35)15-26-30(16-17-8-10-19(11-9-17)18-6-2-1-3-7-18)24(33)21-14-20(27-28-21)23(32)29-12-4-5-13-29/h1-11,14,22,26,31H,12-13,15-16H2,(H,27,28)(H,34,35). The molecule has 1 aliphatic rings. The van der Waals surface area contributed by atoms with Crippen molar-refractivity contribution < 1.29 is 24.6 Å². The number of hydrazine groups is 1. The van der Waals surface area contributed by atoms with Crippen LogP contribution in [0.1, 0.15) is 26.5 Å². The van der Waals surface area contributed by atoms with Crippen molar-refractivity contribution in [1.82, 2.24) is 25.5 Å². The van der Waals surface area contributed by atoms with Gasteiger partial charge in [-0.2, -0.15) is 5.10 Å². The molecule has 4 rings (SSSR count). The Morgan fingerprint density at radius 1 is 1.03 bits per heavy atom. The number of rotatable bonds is 9. The molecule has 2 amide bonds. The molecule has 2 heterocycles. The molecule has 10 heteroatoms. The van der Waals surface area contributed by atoms with Crippen LogP contribution in [0.4, 0.5) is 0 Å². The number of H-pyrrole nitrogens is 1. The van der Waals surface area contributed by atoms with Crippen molar-refractivity contribution in [1.29, 1.82) is 0 Å². The lowest BCUT2D eigenvalue weighted by Crippen LogP contribution is -2.47. The molecule has 1 atom stereocenters. The van der Waals surface area contributed by atoms with Crippen LogP contribution in [0.5, 0.6) is 0 Å². The van der Waals surface area contributed by atoms with Crippen LogP contribution in [0.3, 0.4) is 0 Å². The van der Waals surface area contributed by atoms with Crippen LogP contribution in [0.15, 0.2) is 72.8 Å². The summed E-state index contributed by atoms with van der Waals surface area (Å²) in [5.74, 6) is -2.27. The molecule has 0 radical (unpaired) electrons. The molecule has 0 aliphatic carbocycles. The average molecular weight is 476 g/mol. The van der Waals surface area contributed by atoms with Gasteiger partial charge in [-0.15, -0.1) is 0 Å². The smallest absolute Gasteiger partial charge is 0.333 e. The summed E-state index contributed by atoms with van der Waals surface area (Å²) in [6.07, 6.45) is 2.05. The molecule has 35 heavy (non-hydrogen) atoms. The molecule has 180 valence electrons. The number of aromatic amines is 1. The zero-order valence-electron chi connectivity index (χ0n) is 18.8. The number of aliphatic hydroxyl groups excluding tert-OH is 1. The summed E-state index contributed by atoms with van der Waals surface area (Å²) in [4.78, 5) is 38.4. The first-order valence-corrected chi connectivity index (χ1v) is 11.0. The largest absolute Gasteiger partial charge is 0.479 e. The second kappa shape index (κ2) is 10.8. The first kappa shape index (κ1) is 23.9. The van der Waals surface area contributed by atoms with Gasteiger partial charge in [0.2, 0.25) is 0 Å². The summed E-state index contributed by atoms with van der Waals surface area (Å²) in [5.41, 5.74) is 5.67. The molecule has 10 nitrogen and oxygen atoms in total. The Balaban J connectivity index is 1.50. The molecule has 1 unspecified atom stereocenters. The van der Waals surface area contributed by atoms with E-state index in [1.165, 1.54) is 11.1 Å². The Hall–Kier alpha value is -4.28. The Morgan fingerprint density at radius 2 is 1.69 bits per heavy atom. The van der Waals surface area contributed by atoms with Crippen LogP contribution in [0.25, 0.3) is 11.1 Å². The number of nitrogens with one attached hydrogen (secondary N) is 2. The summed E-state index contributed by atoms with van der Waals surface area (Å²) >= 11 is 0. The molecule has 4 N–H and O–H groups in total. The third-order valence-electron chi connectivity index (χ3n) is 5.54. The first-order chi connectivity index (χ1) is 16.9. The minimum absolute atomic E-state index is 0.0151. The molecule has 3 aromatic rings. The predicted octanol–water partition coefficient (Wildman–Crippen LogP) is 1.68. The first-order valence-electron chi connectivity index (χ1n) is 11.0. The maximum Gasteiger partial charge on any atom is 0.333 e. The van der Waals surface area contributed by atoms with Crippen molar-refractivity contribution in [2.75, 3.05) is 19.6 Å². The molecule has 0 saturated heterocycles. The number of aliphatic hydroxyl groups is 1. The molecule has 1 aliphatic heterocycles. The summed E-state index contributed by atoms with van der Waals surface area (Å²) in [5, 5.41) is 26.4. The minimum atomic E-state index is -1.70. The van der Waals surface area contributed by atoms with E-state index in [0.717, 1.165) is 16.7 Å². The normalized spacial score (nSPS) is 13.6. The van der Waals surface area contributed by atoms with Crippen LogP contribution in [0, 0.1) is 0 Å². The topological polar surface area (TPSA) is 139 Å². The molecular weight excluding hydrogens is 450 g/mol. The lowest BCUT2D eigenvalue weighted by molar-refractivity contribution is -0.146. The van der Waals surface area contributed by atoms with Gasteiger partial charge in [0.15, 0.2) is 11.8 Å². The number of amides is 2. The predicted molar refractivity (Wildman–Crippen MR) is 127 cm³/mol. The van der Waals surface area contributed by atoms with Crippen molar-refractivity contribution in [3.8, 4) is 11.1 Å². The number of carbonyl (C=O) groups is 3. The van der Waals surface area contributed by atoms with Crippen LogP contribution in [0.2, 0.25) is 0 Å². The van der Waals surface area contributed by atoms with E-state index in [1.54, 1.807) is 4.90 Å². The number of hydrogen-bond acceptors (Lipinski definition) is 6. The van der Waals surface area contributed by atoms with Gasteiger partial charge in [-0.1, -0.05) is 66.7 Å². The molecule has 2 aromatic carbocycles. The summed E-state index contributed by atoms with van der Waals surface area (Å²) in [6, 6.07) is 18.8.